The summed E-state index contributed by atoms with van der Waals surface area (Å²) in [6.45, 7) is 1.66. The number of rotatable bonds is 4. The van der Waals surface area contributed by atoms with Gasteiger partial charge in [0.05, 0.1) is 11.5 Å². The highest BCUT2D eigenvalue weighted by Crippen LogP contribution is 2.20. The van der Waals surface area contributed by atoms with E-state index in [1.165, 1.54) is 12.1 Å². The molecule has 0 atom stereocenters. The van der Waals surface area contributed by atoms with Crippen LogP contribution in [0.15, 0.2) is 27.6 Å². The van der Waals surface area contributed by atoms with Crippen molar-refractivity contribution in [3.8, 4) is 0 Å². The zero-order valence-corrected chi connectivity index (χ0v) is 12.2. The maximum absolute atomic E-state index is 11.7. The number of sulfone groups is 1. The summed E-state index contributed by atoms with van der Waals surface area (Å²) in [6.07, 6.45) is 1.02. The standard InChI is InChI=1S/C11H11BrO5S/c1-3-17-11(14)10(13)7-4-8(12)6-9(5-7)18(2,15)16/h4-6H,3H2,1-2H3. The van der Waals surface area contributed by atoms with Crippen molar-refractivity contribution >= 4 is 37.5 Å². The Hall–Kier alpha value is -1.21. The molecule has 1 aromatic carbocycles. The van der Waals surface area contributed by atoms with Gasteiger partial charge < -0.3 is 4.74 Å². The summed E-state index contributed by atoms with van der Waals surface area (Å²) in [6, 6.07) is 3.88. The van der Waals surface area contributed by atoms with Crippen molar-refractivity contribution in [3.63, 3.8) is 0 Å². The van der Waals surface area contributed by atoms with Gasteiger partial charge in [0, 0.05) is 16.3 Å². The molecule has 0 radical (unpaired) electrons. The molecule has 18 heavy (non-hydrogen) atoms. The number of esters is 1. The third-order valence-corrected chi connectivity index (χ3v) is 3.57. The van der Waals surface area contributed by atoms with Gasteiger partial charge >= 0.3 is 5.97 Å². The van der Waals surface area contributed by atoms with E-state index in [4.69, 9.17) is 0 Å². The van der Waals surface area contributed by atoms with Crippen molar-refractivity contribution in [2.24, 2.45) is 0 Å². The summed E-state index contributed by atoms with van der Waals surface area (Å²) in [4.78, 5) is 22.9. The van der Waals surface area contributed by atoms with Crippen molar-refractivity contribution in [2.45, 2.75) is 11.8 Å². The van der Waals surface area contributed by atoms with Gasteiger partial charge in [0.2, 0.25) is 0 Å². The van der Waals surface area contributed by atoms with Crippen molar-refractivity contribution < 1.29 is 22.7 Å². The second kappa shape index (κ2) is 5.62. The first-order chi connectivity index (χ1) is 8.25. The van der Waals surface area contributed by atoms with Crippen LogP contribution in [0.3, 0.4) is 0 Å². The van der Waals surface area contributed by atoms with Gasteiger partial charge in [-0.1, -0.05) is 15.9 Å². The molecule has 0 saturated carbocycles. The highest BCUT2D eigenvalue weighted by molar-refractivity contribution is 9.10. The predicted molar refractivity (Wildman–Crippen MR) is 68.2 cm³/mol. The summed E-state index contributed by atoms with van der Waals surface area (Å²) >= 11 is 3.09. The molecule has 0 aliphatic heterocycles. The van der Waals surface area contributed by atoms with Gasteiger partial charge in [-0.2, -0.15) is 0 Å². The van der Waals surface area contributed by atoms with Crippen LogP contribution >= 0.6 is 15.9 Å². The van der Waals surface area contributed by atoms with Crippen LogP contribution in [0, 0.1) is 0 Å². The molecule has 98 valence electrons. The largest absolute Gasteiger partial charge is 0.460 e. The number of Topliss-reactive ketones (excluding diaryl/α,β-unsaturated/α-hetero) is 1. The topological polar surface area (TPSA) is 77.5 Å². The molecule has 0 bridgehead atoms. The zero-order chi connectivity index (χ0) is 13.9. The number of carbonyl (C=O) groups excluding carboxylic acids is 2. The quantitative estimate of drug-likeness (QED) is 0.474. The monoisotopic (exact) mass is 334 g/mol. The van der Waals surface area contributed by atoms with Crippen molar-refractivity contribution in [2.75, 3.05) is 12.9 Å². The van der Waals surface area contributed by atoms with E-state index >= 15 is 0 Å². The fourth-order valence-electron chi connectivity index (χ4n) is 1.22. The highest BCUT2D eigenvalue weighted by atomic mass is 79.9. The van der Waals surface area contributed by atoms with E-state index in [1.54, 1.807) is 6.92 Å². The lowest BCUT2D eigenvalue weighted by Gasteiger charge is -2.04. The lowest BCUT2D eigenvalue weighted by atomic mass is 10.1. The maximum atomic E-state index is 11.7. The van der Waals surface area contributed by atoms with E-state index in [0.717, 1.165) is 12.3 Å². The fourth-order valence-corrected chi connectivity index (χ4v) is 2.55. The summed E-state index contributed by atoms with van der Waals surface area (Å²) in [7, 11) is -3.45. The third-order valence-electron chi connectivity index (χ3n) is 2.02. The minimum absolute atomic E-state index is 0.0248. The molecule has 0 saturated heterocycles. The Labute approximate surface area is 113 Å². The Kier molecular flexibility index (Phi) is 4.64. The van der Waals surface area contributed by atoms with Crippen molar-refractivity contribution in [3.05, 3.63) is 28.2 Å². The van der Waals surface area contributed by atoms with E-state index in [1.807, 2.05) is 0 Å². The van der Waals surface area contributed by atoms with Gasteiger partial charge in [-0.15, -0.1) is 0 Å². The Bertz CT molecular complexity index is 591. The lowest BCUT2D eigenvalue weighted by molar-refractivity contribution is -0.137. The lowest BCUT2D eigenvalue weighted by Crippen LogP contribution is -2.18. The van der Waals surface area contributed by atoms with Crippen LogP contribution < -0.4 is 0 Å². The van der Waals surface area contributed by atoms with Crippen molar-refractivity contribution in [1.82, 2.24) is 0 Å². The Balaban J connectivity index is 3.23. The average Bonchev–Trinajstić information content (AvgIpc) is 2.26. The van der Waals surface area contributed by atoms with Gasteiger partial charge in [0.1, 0.15) is 0 Å². The van der Waals surface area contributed by atoms with Gasteiger partial charge in [0.15, 0.2) is 9.84 Å². The fraction of sp³-hybridized carbons (Fsp3) is 0.273. The van der Waals surface area contributed by atoms with Crippen LogP contribution in [-0.4, -0.2) is 33.0 Å². The second-order valence-corrected chi connectivity index (χ2v) is 6.43. The maximum Gasteiger partial charge on any atom is 0.379 e. The molecule has 1 rings (SSSR count). The van der Waals surface area contributed by atoms with E-state index in [-0.39, 0.29) is 17.1 Å². The minimum Gasteiger partial charge on any atom is -0.460 e. The molecule has 0 N–H and O–H groups in total. The van der Waals surface area contributed by atoms with E-state index < -0.39 is 21.6 Å². The normalized spacial score (nSPS) is 11.1. The number of carbonyl (C=O) groups is 2. The Morgan fingerprint density at radius 2 is 1.89 bits per heavy atom. The first-order valence-electron chi connectivity index (χ1n) is 4.97. The number of ether oxygens (including phenoxy) is 1. The Morgan fingerprint density at radius 3 is 2.39 bits per heavy atom. The zero-order valence-electron chi connectivity index (χ0n) is 9.77. The summed E-state index contributed by atoms with van der Waals surface area (Å²) in [5.41, 5.74) is -0.0248. The second-order valence-electron chi connectivity index (χ2n) is 3.50. The third kappa shape index (κ3) is 3.64. The molecule has 0 fully saturated rings. The Morgan fingerprint density at radius 1 is 1.28 bits per heavy atom. The van der Waals surface area contributed by atoms with Gasteiger partial charge in [-0.05, 0) is 25.1 Å². The molecule has 0 amide bonds. The van der Waals surface area contributed by atoms with Crippen LogP contribution in [0.4, 0.5) is 0 Å². The molecular weight excluding hydrogens is 324 g/mol. The number of ketones is 1. The molecule has 0 heterocycles. The van der Waals surface area contributed by atoms with Gasteiger partial charge in [0.25, 0.3) is 5.78 Å². The average molecular weight is 335 g/mol. The van der Waals surface area contributed by atoms with Gasteiger partial charge in [-0.25, -0.2) is 13.2 Å². The molecule has 0 aliphatic carbocycles. The van der Waals surface area contributed by atoms with Crippen LogP contribution in [-0.2, 0) is 19.4 Å². The minimum atomic E-state index is -3.45. The van der Waals surface area contributed by atoms with Crippen LogP contribution in [0.25, 0.3) is 0 Å². The molecule has 0 aromatic heterocycles. The number of hydrogen-bond donors (Lipinski definition) is 0. The number of halogens is 1. The van der Waals surface area contributed by atoms with E-state index in [0.29, 0.717) is 4.47 Å². The molecule has 5 nitrogen and oxygen atoms in total. The van der Waals surface area contributed by atoms with Crippen LogP contribution in [0.5, 0.6) is 0 Å². The highest BCUT2D eigenvalue weighted by Gasteiger charge is 2.20. The molecule has 0 spiro atoms. The molecule has 0 unspecified atom stereocenters. The number of benzene rings is 1. The molecule has 1 aromatic rings. The van der Waals surface area contributed by atoms with Crippen molar-refractivity contribution in [1.29, 1.82) is 0 Å². The first-order valence-corrected chi connectivity index (χ1v) is 7.66. The SMILES string of the molecule is CCOC(=O)C(=O)c1cc(Br)cc(S(C)(=O)=O)c1. The van der Waals surface area contributed by atoms with E-state index in [2.05, 4.69) is 20.7 Å². The van der Waals surface area contributed by atoms with E-state index in [9.17, 15) is 18.0 Å². The summed E-state index contributed by atoms with van der Waals surface area (Å²) in [5.74, 6) is -1.88. The molecule has 0 aliphatic rings. The van der Waals surface area contributed by atoms with Crippen LogP contribution in [0.2, 0.25) is 0 Å². The van der Waals surface area contributed by atoms with Gasteiger partial charge in [-0.3, -0.25) is 4.79 Å². The summed E-state index contributed by atoms with van der Waals surface area (Å²) in [5, 5.41) is 0. The summed E-state index contributed by atoms with van der Waals surface area (Å²) < 4.78 is 27.8. The molecule has 7 heteroatoms. The predicted octanol–water partition coefficient (Wildman–Crippen LogP) is 1.60. The van der Waals surface area contributed by atoms with Crippen LogP contribution in [0.1, 0.15) is 17.3 Å². The smallest absolute Gasteiger partial charge is 0.379 e. The first kappa shape index (κ1) is 14.8. The number of hydrogen-bond acceptors (Lipinski definition) is 5. The molecular formula is C11H11BrO5S.